The number of hydrogen-bond donors (Lipinski definition) is 0. The van der Waals surface area contributed by atoms with E-state index in [0.29, 0.717) is 16.9 Å². The van der Waals surface area contributed by atoms with E-state index in [0.717, 1.165) is 0 Å². The first kappa shape index (κ1) is 21.0. The van der Waals surface area contributed by atoms with Crippen molar-refractivity contribution in [2.75, 3.05) is 13.2 Å². The van der Waals surface area contributed by atoms with Crippen LogP contribution in [0.4, 0.5) is 13.2 Å². The molecule has 0 bridgehead atoms. The summed E-state index contributed by atoms with van der Waals surface area (Å²) in [6.45, 7) is 0.349. The van der Waals surface area contributed by atoms with Gasteiger partial charge in [0, 0.05) is 10.5 Å². The SMILES string of the molecule is [N-]=[N+]=NCCOc1ccc(C(=C(c2ccccc2)C(F)(F)F)c2ccccc2)cc1. The van der Waals surface area contributed by atoms with E-state index in [-0.39, 0.29) is 24.3 Å². The largest absolute Gasteiger partial charge is 0.493 e. The van der Waals surface area contributed by atoms with Gasteiger partial charge in [-0.1, -0.05) is 77.9 Å². The predicted octanol–water partition coefficient (Wildman–Crippen LogP) is 6.90. The minimum atomic E-state index is -4.56. The van der Waals surface area contributed by atoms with Crippen LogP contribution in [0.25, 0.3) is 21.6 Å². The molecule has 3 rings (SSSR count). The first-order valence-corrected chi connectivity index (χ1v) is 9.17. The Morgan fingerprint density at radius 1 is 0.800 bits per heavy atom. The van der Waals surface area contributed by atoms with Gasteiger partial charge in [0.05, 0.1) is 18.7 Å². The van der Waals surface area contributed by atoms with E-state index in [1.165, 1.54) is 12.1 Å². The molecule has 0 spiro atoms. The average Bonchev–Trinajstić information content (AvgIpc) is 2.76. The van der Waals surface area contributed by atoms with Crippen LogP contribution in [0.2, 0.25) is 0 Å². The fourth-order valence-electron chi connectivity index (χ4n) is 3.08. The first-order chi connectivity index (χ1) is 14.5. The normalized spacial score (nSPS) is 12.0. The standard InChI is InChI=1S/C23H18F3N3O/c24-23(25,26)22(19-9-5-2-6-10-19)21(17-7-3-1-4-8-17)18-11-13-20(14-12-18)30-16-15-28-29-27/h1-14H,15-16H2. The summed E-state index contributed by atoms with van der Waals surface area (Å²) in [6, 6.07) is 22.7. The van der Waals surface area contributed by atoms with E-state index in [1.807, 2.05) is 0 Å². The summed E-state index contributed by atoms with van der Waals surface area (Å²) in [5.41, 5.74) is 8.65. The van der Waals surface area contributed by atoms with Crippen molar-refractivity contribution in [2.24, 2.45) is 5.11 Å². The number of hydrogen-bond acceptors (Lipinski definition) is 2. The lowest BCUT2D eigenvalue weighted by Gasteiger charge is -2.20. The predicted molar refractivity (Wildman–Crippen MR) is 111 cm³/mol. The second-order valence-electron chi connectivity index (χ2n) is 6.31. The lowest BCUT2D eigenvalue weighted by Crippen LogP contribution is -2.14. The quantitative estimate of drug-likeness (QED) is 0.138. The molecule has 152 valence electrons. The van der Waals surface area contributed by atoms with E-state index in [4.69, 9.17) is 10.3 Å². The average molecular weight is 409 g/mol. The molecule has 0 aliphatic rings. The summed E-state index contributed by atoms with van der Waals surface area (Å²) in [5, 5.41) is 3.38. The van der Waals surface area contributed by atoms with Gasteiger partial charge in [-0.15, -0.1) is 0 Å². The Morgan fingerprint density at radius 3 is 1.87 bits per heavy atom. The van der Waals surface area contributed by atoms with Crippen LogP contribution >= 0.6 is 0 Å². The summed E-state index contributed by atoms with van der Waals surface area (Å²) < 4.78 is 48.1. The molecule has 4 nitrogen and oxygen atoms in total. The molecule has 0 amide bonds. The zero-order valence-corrected chi connectivity index (χ0v) is 15.9. The fraction of sp³-hybridized carbons (Fsp3) is 0.130. The van der Waals surface area contributed by atoms with E-state index in [2.05, 4.69) is 10.0 Å². The van der Waals surface area contributed by atoms with Crippen LogP contribution in [0.3, 0.4) is 0 Å². The van der Waals surface area contributed by atoms with Gasteiger partial charge in [-0.2, -0.15) is 13.2 Å². The molecule has 0 fully saturated rings. The second-order valence-corrected chi connectivity index (χ2v) is 6.31. The second kappa shape index (κ2) is 9.67. The van der Waals surface area contributed by atoms with E-state index in [9.17, 15) is 13.2 Å². The fourth-order valence-corrected chi connectivity index (χ4v) is 3.08. The number of benzene rings is 3. The Morgan fingerprint density at radius 2 is 1.33 bits per heavy atom. The molecule has 0 aromatic heterocycles. The molecular weight excluding hydrogens is 391 g/mol. The molecule has 0 heterocycles. The Kier molecular flexibility index (Phi) is 6.78. The van der Waals surface area contributed by atoms with Crippen molar-refractivity contribution in [3.8, 4) is 5.75 Å². The van der Waals surface area contributed by atoms with Crippen LogP contribution in [-0.4, -0.2) is 19.3 Å². The van der Waals surface area contributed by atoms with Crippen LogP contribution in [0.1, 0.15) is 16.7 Å². The molecule has 0 radical (unpaired) electrons. The van der Waals surface area contributed by atoms with Crippen molar-refractivity contribution in [3.63, 3.8) is 0 Å². The molecule has 0 atom stereocenters. The zero-order chi connectivity index (χ0) is 21.4. The number of azide groups is 1. The van der Waals surface area contributed by atoms with E-state index >= 15 is 0 Å². The van der Waals surface area contributed by atoms with E-state index in [1.54, 1.807) is 72.8 Å². The smallest absolute Gasteiger partial charge is 0.417 e. The Bertz CT molecular complexity index is 1040. The van der Waals surface area contributed by atoms with Gasteiger partial charge in [-0.25, -0.2) is 0 Å². The highest BCUT2D eigenvalue weighted by atomic mass is 19.4. The molecule has 30 heavy (non-hydrogen) atoms. The lowest BCUT2D eigenvalue weighted by atomic mass is 9.89. The van der Waals surface area contributed by atoms with Gasteiger partial charge >= 0.3 is 6.18 Å². The van der Waals surface area contributed by atoms with Gasteiger partial charge in [-0.3, -0.25) is 0 Å². The third kappa shape index (κ3) is 5.21. The van der Waals surface area contributed by atoms with E-state index < -0.39 is 11.7 Å². The van der Waals surface area contributed by atoms with Gasteiger partial charge in [-0.05, 0) is 34.4 Å². The molecule has 0 aliphatic carbocycles. The van der Waals surface area contributed by atoms with Crippen LogP contribution in [0.5, 0.6) is 5.75 Å². The van der Waals surface area contributed by atoms with Gasteiger partial charge in [0.25, 0.3) is 0 Å². The number of ether oxygens (including phenoxy) is 1. The van der Waals surface area contributed by atoms with Gasteiger partial charge in [0.1, 0.15) is 5.75 Å². The highest BCUT2D eigenvalue weighted by Crippen LogP contribution is 2.42. The molecule has 3 aromatic carbocycles. The van der Waals surface area contributed by atoms with Crippen molar-refractivity contribution in [1.82, 2.24) is 0 Å². The van der Waals surface area contributed by atoms with Crippen molar-refractivity contribution < 1.29 is 17.9 Å². The van der Waals surface area contributed by atoms with Crippen LogP contribution in [0, 0.1) is 0 Å². The number of nitrogens with zero attached hydrogens (tertiary/aromatic N) is 3. The van der Waals surface area contributed by atoms with Crippen molar-refractivity contribution >= 4 is 11.1 Å². The Balaban J connectivity index is 2.12. The number of allylic oxidation sites excluding steroid dienone is 1. The van der Waals surface area contributed by atoms with Crippen LogP contribution < -0.4 is 4.74 Å². The maximum Gasteiger partial charge on any atom is 0.417 e. The van der Waals surface area contributed by atoms with Gasteiger partial charge in [0.15, 0.2) is 0 Å². The maximum absolute atomic E-state index is 14.2. The summed E-state index contributed by atoms with van der Waals surface area (Å²) in [4.78, 5) is 2.64. The van der Waals surface area contributed by atoms with Crippen LogP contribution in [-0.2, 0) is 0 Å². The van der Waals surface area contributed by atoms with Crippen molar-refractivity contribution in [1.29, 1.82) is 0 Å². The highest BCUT2D eigenvalue weighted by molar-refractivity contribution is 6.00. The maximum atomic E-state index is 14.2. The van der Waals surface area contributed by atoms with Gasteiger partial charge in [0.2, 0.25) is 0 Å². The number of halogens is 3. The third-order valence-corrected chi connectivity index (χ3v) is 4.32. The molecule has 3 aromatic rings. The van der Waals surface area contributed by atoms with Gasteiger partial charge < -0.3 is 4.74 Å². The highest BCUT2D eigenvalue weighted by Gasteiger charge is 2.38. The third-order valence-electron chi connectivity index (χ3n) is 4.32. The minimum absolute atomic E-state index is 0.0925. The molecule has 0 saturated carbocycles. The number of rotatable bonds is 7. The zero-order valence-electron chi connectivity index (χ0n) is 15.9. The topological polar surface area (TPSA) is 58.0 Å². The molecule has 0 saturated heterocycles. The molecular formula is C23H18F3N3O. The molecule has 7 heteroatoms. The minimum Gasteiger partial charge on any atom is -0.493 e. The Labute approximate surface area is 171 Å². The number of alkyl halides is 3. The van der Waals surface area contributed by atoms with Crippen molar-refractivity contribution in [3.05, 3.63) is 112 Å². The summed E-state index contributed by atoms with van der Waals surface area (Å²) in [6.07, 6.45) is -4.56. The Hall–Kier alpha value is -3.70. The molecule has 0 N–H and O–H groups in total. The molecule has 0 unspecified atom stereocenters. The van der Waals surface area contributed by atoms with Crippen molar-refractivity contribution in [2.45, 2.75) is 6.18 Å². The first-order valence-electron chi connectivity index (χ1n) is 9.17. The molecule has 0 aliphatic heterocycles. The monoisotopic (exact) mass is 409 g/mol. The lowest BCUT2D eigenvalue weighted by molar-refractivity contribution is -0.0685. The van der Waals surface area contributed by atoms with Crippen LogP contribution in [0.15, 0.2) is 90.0 Å². The summed E-state index contributed by atoms with van der Waals surface area (Å²) in [7, 11) is 0. The summed E-state index contributed by atoms with van der Waals surface area (Å²) in [5.74, 6) is 0.479. The summed E-state index contributed by atoms with van der Waals surface area (Å²) >= 11 is 0.